The van der Waals surface area contributed by atoms with Crippen LogP contribution >= 0.6 is 0 Å². The van der Waals surface area contributed by atoms with Crippen LogP contribution in [0.2, 0.25) is 0 Å². The van der Waals surface area contributed by atoms with Gasteiger partial charge in [-0.1, -0.05) is 40.0 Å². The molecule has 1 heterocycles. The Labute approximate surface area is 214 Å². The number of aliphatic hydroxyl groups excluding tert-OH is 1. The molecule has 0 aromatic carbocycles. The third-order valence-electron chi connectivity index (χ3n) is 7.02. The molecule has 0 aromatic rings. The lowest BCUT2D eigenvalue weighted by atomic mass is 9.84. The van der Waals surface area contributed by atoms with Crippen LogP contribution in [0, 0.1) is 17.8 Å². The first-order valence-corrected chi connectivity index (χ1v) is 14.6. The second-order valence-electron chi connectivity index (χ2n) is 10.5. The van der Waals surface area contributed by atoms with Crippen LogP contribution in [0.3, 0.4) is 0 Å². The number of aliphatic hydroxyl groups is 1. The summed E-state index contributed by atoms with van der Waals surface area (Å²) in [5.74, 6) is -1.11. The summed E-state index contributed by atoms with van der Waals surface area (Å²) in [4.78, 5) is 37.6. The molecule has 2 unspecified atom stereocenters. The molecular formula is C24H42N3O8S-. The fraction of sp³-hybridized carbons (Fsp3) is 0.875. The molecule has 2 aliphatic rings. The topological polar surface area (TPSA) is 174 Å². The maximum atomic E-state index is 13.1. The van der Waals surface area contributed by atoms with Crippen LogP contribution in [0.25, 0.3) is 0 Å². The molecule has 1 aliphatic carbocycles. The number of amides is 3. The Bertz CT molecular complexity index is 842. The number of hydrogen-bond donors (Lipinski definition) is 4. The average molecular weight is 533 g/mol. The van der Waals surface area contributed by atoms with E-state index in [0.717, 1.165) is 32.1 Å². The number of rotatable bonds is 13. The molecule has 1 saturated carbocycles. The fourth-order valence-electron chi connectivity index (χ4n) is 4.97. The third-order valence-corrected chi connectivity index (χ3v) is 7.94. The Balaban J connectivity index is 2.00. The van der Waals surface area contributed by atoms with E-state index in [4.69, 9.17) is 4.74 Å². The molecule has 1 saturated heterocycles. The van der Waals surface area contributed by atoms with E-state index in [-0.39, 0.29) is 30.8 Å². The van der Waals surface area contributed by atoms with Crippen LogP contribution in [0.1, 0.15) is 85.0 Å². The first-order chi connectivity index (χ1) is 16.9. The zero-order valence-corrected chi connectivity index (χ0v) is 22.3. The molecule has 0 radical (unpaired) electrons. The summed E-state index contributed by atoms with van der Waals surface area (Å²) in [5.41, 5.74) is -2.43. The Morgan fingerprint density at radius 2 is 1.83 bits per heavy atom. The van der Waals surface area contributed by atoms with Gasteiger partial charge in [0.2, 0.25) is 11.8 Å². The van der Waals surface area contributed by atoms with E-state index >= 15 is 0 Å². The van der Waals surface area contributed by atoms with Gasteiger partial charge in [-0.3, -0.25) is 9.59 Å². The highest BCUT2D eigenvalue weighted by Crippen LogP contribution is 2.30. The Morgan fingerprint density at radius 3 is 2.36 bits per heavy atom. The van der Waals surface area contributed by atoms with Crippen molar-refractivity contribution in [3.8, 4) is 0 Å². The summed E-state index contributed by atoms with van der Waals surface area (Å²) in [6.07, 6.45) is 6.46. The summed E-state index contributed by atoms with van der Waals surface area (Å²) < 4.78 is 40.0. The first-order valence-electron chi connectivity index (χ1n) is 13.1. The van der Waals surface area contributed by atoms with Crippen LogP contribution < -0.4 is 16.0 Å². The molecule has 208 valence electrons. The van der Waals surface area contributed by atoms with Crippen LogP contribution in [0.4, 0.5) is 4.79 Å². The van der Waals surface area contributed by atoms with Gasteiger partial charge in [0.05, 0.1) is 6.04 Å². The molecule has 3 amide bonds. The molecular weight excluding hydrogens is 490 g/mol. The minimum Gasteiger partial charge on any atom is -0.746 e. The maximum absolute atomic E-state index is 13.1. The minimum atomic E-state index is -5.16. The zero-order chi connectivity index (χ0) is 26.9. The molecule has 2 fully saturated rings. The fourth-order valence-corrected chi connectivity index (χ4v) is 5.55. The van der Waals surface area contributed by atoms with Crippen LogP contribution in [0.5, 0.6) is 0 Å². The second-order valence-corrected chi connectivity index (χ2v) is 12.0. The van der Waals surface area contributed by atoms with Gasteiger partial charge in [-0.15, -0.1) is 0 Å². The van der Waals surface area contributed by atoms with Gasteiger partial charge >= 0.3 is 6.09 Å². The van der Waals surface area contributed by atoms with Crippen molar-refractivity contribution in [1.29, 1.82) is 0 Å². The number of hydrogen-bond acceptors (Lipinski definition) is 8. The van der Waals surface area contributed by atoms with E-state index in [1.807, 2.05) is 13.8 Å². The average Bonchev–Trinajstić information content (AvgIpc) is 3.20. The van der Waals surface area contributed by atoms with Crippen LogP contribution in [-0.2, 0) is 24.4 Å². The van der Waals surface area contributed by atoms with Gasteiger partial charge in [0.15, 0.2) is 5.44 Å². The largest absolute Gasteiger partial charge is 0.746 e. The Kier molecular flexibility index (Phi) is 11.9. The number of nitrogens with one attached hydrogen (secondary N) is 3. The standard InChI is InChI=1S/C24H43N3O8S/c1-4-5-6-16-7-9-18(10-8-16)35-24(31)27-19(13-15(2)3)22(29)26-20(23(30)36(32,33)34)14-17-11-12-25-21(17)28/h15-20,23,30H,4-14H2,1-3H3,(H,25,28)(H,26,29)(H,27,31)(H,32,33,34)/p-1/t16?,17?,18?,19-,20-,23?/m1/s1. The van der Waals surface area contributed by atoms with Gasteiger partial charge in [0.25, 0.3) is 0 Å². The molecule has 12 heteroatoms. The summed E-state index contributed by atoms with van der Waals surface area (Å²) >= 11 is 0. The predicted molar refractivity (Wildman–Crippen MR) is 131 cm³/mol. The van der Waals surface area contributed by atoms with Crippen LogP contribution in [-0.4, -0.2) is 66.2 Å². The van der Waals surface area contributed by atoms with Gasteiger partial charge in [-0.05, 0) is 56.8 Å². The van der Waals surface area contributed by atoms with E-state index in [0.29, 0.717) is 18.9 Å². The quantitative estimate of drug-likeness (QED) is 0.260. The summed E-state index contributed by atoms with van der Waals surface area (Å²) in [6.45, 7) is 6.25. The van der Waals surface area contributed by atoms with Gasteiger partial charge in [0.1, 0.15) is 22.3 Å². The number of unbranched alkanes of at least 4 members (excludes halogenated alkanes) is 1. The van der Waals surface area contributed by atoms with Crippen molar-refractivity contribution in [3.63, 3.8) is 0 Å². The van der Waals surface area contributed by atoms with Gasteiger partial charge in [-0.25, -0.2) is 13.2 Å². The number of carbonyl (C=O) groups excluding carboxylic acids is 3. The molecule has 11 nitrogen and oxygen atoms in total. The Hall–Kier alpha value is -1.92. The Morgan fingerprint density at radius 1 is 1.17 bits per heavy atom. The number of carbonyl (C=O) groups is 3. The monoisotopic (exact) mass is 532 g/mol. The molecule has 2 rings (SSSR count). The van der Waals surface area contributed by atoms with E-state index in [9.17, 15) is 32.5 Å². The maximum Gasteiger partial charge on any atom is 0.408 e. The summed E-state index contributed by atoms with van der Waals surface area (Å²) in [6, 6.07) is -2.57. The highest BCUT2D eigenvalue weighted by molar-refractivity contribution is 7.86. The summed E-state index contributed by atoms with van der Waals surface area (Å²) in [5, 5.41) is 17.7. The van der Waals surface area contributed by atoms with E-state index in [2.05, 4.69) is 22.9 Å². The molecule has 0 aromatic heterocycles. The van der Waals surface area contributed by atoms with Crippen molar-refractivity contribution in [2.24, 2.45) is 17.8 Å². The van der Waals surface area contributed by atoms with Crippen molar-refractivity contribution in [1.82, 2.24) is 16.0 Å². The van der Waals surface area contributed by atoms with Crippen molar-refractivity contribution >= 4 is 28.0 Å². The molecule has 0 bridgehead atoms. The van der Waals surface area contributed by atoms with Crippen molar-refractivity contribution < 1.29 is 37.2 Å². The van der Waals surface area contributed by atoms with Crippen molar-refractivity contribution in [3.05, 3.63) is 0 Å². The van der Waals surface area contributed by atoms with E-state index < -0.39 is 45.6 Å². The van der Waals surface area contributed by atoms with E-state index in [1.165, 1.54) is 12.8 Å². The smallest absolute Gasteiger partial charge is 0.408 e. The SMILES string of the molecule is CCCCC1CCC(OC(=O)N[C@H](CC(C)C)C(=O)N[C@H](CC2CCNC2=O)C(O)S(=O)(=O)[O-])CC1. The van der Waals surface area contributed by atoms with Gasteiger partial charge in [0, 0.05) is 12.5 Å². The third kappa shape index (κ3) is 9.85. The molecule has 36 heavy (non-hydrogen) atoms. The highest BCUT2D eigenvalue weighted by Gasteiger charge is 2.36. The zero-order valence-electron chi connectivity index (χ0n) is 21.5. The predicted octanol–water partition coefficient (Wildman–Crippen LogP) is 1.75. The lowest BCUT2D eigenvalue weighted by molar-refractivity contribution is -0.126. The lowest BCUT2D eigenvalue weighted by Gasteiger charge is -2.31. The van der Waals surface area contributed by atoms with Gasteiger partial charge < -0.3 is 30.3 Å². The van der Waals surface area contributed by atoms with Crippen molar-refractivity contribution in [2.45, 2.75) is 109 Å². The minimum absolute atomic E-state index is 0.0118. The highest BCUT2D eigenvalue weighted by atomic mass is 32.2. The molecule has 4 N–H and O–H groups in total. The number of ether oxygens (including phenoxy) is 1. The van der Waals surface area contributed by atoms with Crippen molar-refractivity contribution in [2.75, 3.05) is 6.54 Å². The van der Waals surface area contributed by atoms with Crippen LogP contribution in [0.15, 0.2) is 0 Å². The van der Waals surface area contributed by atoms with Gasteiger partial charge in [-0.2, -0.15) is 0 Å². The molecule has 1 aliphatic heterocycles. The lowest BCUT2D eigenvalue weighted by Crippen LogP contribution is -2.55. The van der Waals surface area contributed by atoms with E-state index in [1.54, 1.807) is 0 Å². The molecule has 4 atom stereocenters. The normalized spacial score (nSPS) is 25.1. The summed E-state index contributed by atoms with van der Waals surface area (Å²) in [7, 11) is -5.16. The molecule has 0 spiro atoms. The second kappa shape index (κ2) is 14.1. The first kappa shape index (κ1) is 30.3. The number of alkyl carbamates (subject to hydrolysis) is 1.